The molecule has 0 N–H and O–H groups in total. The molecule has 1 saturated heterocycles. The zero-order chi connectivity index (χ0) is 8.67. The Hall–Kier alpha value is -0.470. The van der Waals surface area contributed by atoms with Crippen LogP contribution in [0.4, 0.5) is 0 Å². The lowest BCUT2D eigenvalue weighted by Crippen LogP contribution is -1.99. The van der Waals surface area contributed by atoms with E-state index in [9.17, 15) is 0 Å². The molecule has 0 aliphatic carbocycles. The first-order valence-electron chi connectivity index (χ1n) is 4.81. The van der Waals surface area contributed by atoms with Gasteiger partial charge in [0.2, 0.25) is 0 Å². The van der Waals surface area contributed by atoms with Gasteiger partial charge in [0, 0.05) is 4.90 Å². The highest BCUT2D eigenvalue weighted by molar-refractivity contribution is 7.99. The maximum absolute atomic E-state index is 5.28. The molecule has 0 spiro atoms. The Kier molecular flexibility index (Phi) is 1.84. The van der Waals surface area contributed by atoms with Gasteiger partial charge in [-0.15, -0.1) is 11.8 Å². The van der Waals surface area contributed by atoms with E-state index in [1.165, 1.54) is 34.6 Å². The highest BCUT2D eigenvalue weighted by atomic mass is 32.2. The van der Waals surface area contributed by atoms with Gasteiger partial charge in [0.05, 0.1) is 6.61 Å². The Bertz CT molecular complexity index is 331. The number of fused-ring (bicyclic) bond motifs is 1. The molecule has 0 bridgehead atoms. The molecular weight excluding hydrogens is 180 g/mol. The summed E-state index contributed by atoms with van der Waals surface area (Å²) in [6.45, 7) is 0.923. The molecule has 1 nitrogen and oxygen atoms in total. The van der Waals surface area contributed by atoms with Crippen LogP contribution in [0.2, 0.25) is 0 Å². The van der Waals surface area contributed by atoms with Gasteiger partial charge in [-0.3, -0.25) is 0 Å². The van der Waals surface area contributed by atoms with Gasteiger partial charge in [0.15, 0.2) is 0 Å². The lowest BCUT2D eigenvalue weighted by molar-refractivity contribution is 0.415. The van der Waals surface area contributed by atoms with Gasteiger partial charge in [-0.1, -0.05) is 12.1 Å². The summed E-state index contributed by atoms with van der Waals surface area (Å²) in [6, 6.07) is 6.81. The zero-order valence-electron chi connectivity index (χ0n) is 7.45. The topological polar surface area (TPSA) is 12.5 Å². The molecule has 68 valence electrons. The zero-order valence-corrected chi connectivity index (χ0v) is 8.27. The monoisotopic (exact) mass is 192 g/mol. The van der Waals surface area contributed by atoms with E-state index in [2.05, 4.69) is 18.2 Å². The van der Waals surface area contributed by atoms with Crippen LogP contribution in [-0.4, -0.2) is 12.4 Å². The second-order valence-corrected chi connectivity index (χ2v) is 4.78. The number of thioether (sulfide) groups is 1. The first-order valence-corrected chi connectivity index (χ1v) is 5.79. The number of benzene rings is 1. The van der Waals surface area contributed by atoms with Crippen LogP contribution in [0.5, 0.6) is 0 Å². The first kappa shape index (κ1) is 7.89. The van der Waals surface area contributed by atoms with Gasteiger partial charge in [-0.2, -0.15) is 0 Å². The number of hydrogen-bond donors (Lipinski definition) is 0. The smallest absolute Gasteiger partial charge is 0.106 e. The SMILES string of the molecule is c1cc2c(cc1C1CO1)CCCS2. The van der Waals surface area contributed by atoms with E-state index in [-0.39, 0.29) is 0 Å². The Labute approximate surface area is 82.5 Å². The summed E-state index contributed by atoms with van der Waals surface area (Å²) < 4.78 is 5.28. The van der Waals surface area contributed by atoms with Crippen molar-refractivity contribution >= 4 is 11.8 Å². The summed E-state index contributed by atoms with van der Waals surface area (Å²) in [5.74, 6) is 1.28. The molecule has 0 aromatic heterocycles. The molecule has 2 aliphatic rings. The van der Waals surface area contributed by atoms with Gasteiger partial charge < -0.3 is 4.74 Å². The van der Waals surface area contributed by atoms with Crippen LogP contribution < -0.4 is 0 Å². The molecular formula is C11H12OS. The molecule has 1 aromatic rings. The molecule has 0 saturated carbocycles. The van der Waals surface area contributed by atoms with Crippen molar-refractivity contribution in [1.82, 2.24) is 0 Å². The minimum absolute atomic E-state index is 0.414. The fourth-order valence-electron chi connectivity index (χ4n) is 1.82. The third-order valence-corrected chi connectivity index (χ3v) is 3.84. The highest BCUT2D eigenvalue weighted by Crippen LogP contribution is 2.35. The van der Waals surface area contributed by atoms with Gasteiger partial charge >= 0.3 is 0 Å². The van der Waals surface area contributed by atoms with Crippen LogP contribution in [0.15, 0.2) is 23.1 Å². The predicted molar refractivity (Wildman–Crippen MR) is 54.2 cm³/mol. The second kappa shape index (κ2) is 3.03. The molecule has 1 fully saturated rings. The summed E-state index contributed by atoms with van der Waals surface area (Å²) in [4.78, 5) is 1.48. The van der Waals surface area contributed by atoms with Gasteiger partial charge in [0.1, 0.15) is 6.10 Å². The van der Waals surface area contributed by atoms with E-state index in [4.69, 9.17) is 4.74 Å². The van der Waals surface area contributed by atoms with E-state index < -0.39 is 0 Å². The fourth-order valence-corrected chi connectivity index (χ4v) is 2.84. The first-order chi connectivity index (χ1) is 6.43. The lowest BCUT2D eigenvalue weighted by atomic mass is 10.0. The number of epoxide rings is 1. The van der Waals surface area contributed by atoms with Crippen molar-refractivity contribution in [3.8, 4) is 0 Å². The maximum atomic E-state index is 5.28. The van der Waals surface area contributed by atoms with E-state index in [1.807, 2.05) is 11.8 Å². The second-order valence-electron chi connectivity index (χ2n) is 3.64. The minimum atomic E-state index is 0.414. The van der Waals surface area contributed by atoms with Gasteiger partial charge in [0.25, 0.3) is 0 Å². The van der Waals surface area contributed by atoms with Crippen molar-refractivity contribution in [2.24, 2.45) is 0 Å². The van der Waals surface area contributed by atoms with E-state index in [1.54, 1.807) is 0 Å². The molecule has 0 amide bonds. The average Bonchev–Trinajstić information content (AvgIpc) is 3.00. The van der Waals surface area contributed by atoms with E-state index in [0.29, 0.717) is 6.10 Å². The quantitative estimate of drug-likeness (QED) is 0.634. The number of rotatable bonds is 1. The molecule has 0 radical (unpaired) electrons. The van der Waals surface area contributed by atoms with Crippen LogP contribution in [0.25, 0.3) is 0 Å². The summed E-state index contributed by atoms with van der Waals surface area (Å²) in [6.07, 6.45) is 2.99. The number of hydrogen-bond acceptors (Lipinski definition) is 2. The summed E-state index contributed by atoms with van der Waals surface area (Å²) in [5.41, 5.74) is 2.91. The fraction of sp³-hybridized carbons (Fsp3) is 0.455. The minimum Gasteiger partial charge on any atom is -0.368 e. The van der Waals surface area contributed by atoms with Crippen LogP contribution in [0.1, 0.15) is 23.7 Å². The van der Waals surface area contributed by atoms with E-state index in [0.717, 1.165) is 6.61 Å². The van der Waals surface area contributed by atoms with Crippen LogP contribution in [-0.2, 0) is 11.2 Å². The molecule has 2 aliphatic heterocycles. The summed E-state index contributed by atoms with van der Waals surface area (Å²) >= 11 is 1.99. The normalized spacial score (nSPS) is 25.4. The third kappa shape index (κ3) is 1.49. The largest absolute Gasteiger partial charge is 0.368 e. The van der Waals surface area contributed by atoms with Crippen LogP contribution in [0, 0.1) is 0 Å². The molecule has 13 heavy (non-hydrogen) atoms. The van der Waals surface area contributed by atoms with Crippen molar-refractivity contribution in [2.45, 2.75) is 23.8 Å². The standard InChI is InChI=1S/C11H12OS/c1-2-9-6-8(10-7-12-10)3-4-11(9)13-5-1/h3-4,6,10H,1-2,5,7H2. The van der Waals surface area contributed by atoms with E-state index >= 15 is 0 Å². The Morgan fingerprint density at radius 2 is 2.31 bits per heavy atom. The highest BCUT2D eigenvalue weighted by Gasteiger charge is 2.25. The third-order valence-electron chi connectivity index (χ3n) is 2.64. The Balaban J connectivity index is 1.98. The number of ether oxygens (including phenoxy) is 1. The van der Waals surface area contributed by atoms with Gasteiger partial charge in [-0.25, -0.2) is 0 Å². The van der Waals surface area contributed by atoms with Crippen molar-refractivity contribution < 1.29 is 4.74 Å². The molecule has 2 heterocycles. The number of aryl methyl sites for hydroxylation is 1. The summed E-state index contributed by atoms with van der Waals surface area (Å²) in [5, 5.41) is 0. The average molecular weight is 192 g/mol. The van der Waals surface area contributed by atoms with Gasteiger partial charge in [-0.05, 0) is 35.8 Å². The molecule has 1 atom stereocenters. The molecule has 2 heteroatoms. The molecule has 1 aromatic carbocycles. The molecule has 3 rings (SSSR count). The maximum Gasteiger partial charge on any atom is 0.106 e. The van der Waals surface area contributed by atoms with Crippen LogP contribution >= 0.6 is 11.8 Å². The predicted octanol–water partition coefficient (Wildman–Crippen LogP) is 2.80. The van der Waals surface area contributed by atoms with Crippen LogP contribution in [0.3, 0.4) is 0 Å². The molecule has 1 unspecified atom stereocenters. The van der Waals surface area contributed by atoms with Crippen molar-refractivity contribution in [3.63, 3.8) is 0 Å². The van der Waals surface area contributed by atoms with Crippen molar-refractivity contribution in [1.29, 1.82) is 0 Å². The Morgan fingerprint density at radius 1 is 1.38 bits per heavy atom. The van der Waals surface area contributed by atoms with Crippen molar-refractivity contribution in [2.75, 3.05) is 12.4 Å². The van der Waals surface area contributed by atoms with Crippen molar-refractivity contribution in [3.05, 3.63) is 29.3 Å². The lowest BCUT2D eigenvalue weighted by Gasteiger charge is -2.15. The Morgan fingerprint density at radius 3 is 3.15 bits per heavy atom. The summed E-state index contributed by atoms with van der Waals surface area (Å²) in [7, 11) is 0.